The van der Waals surface area contributed by atoms with E-state index in [2.05, 4.69) is 273 Å². The maximum Gasteiger partial charge on any atom is 0.0277 e. The van der Waals surface area contributed by atoms with Gasteiger partial charge < -0.3 is 0 Å². The van der Waals surface area contributed by atoms with Gasteiger partial charge in [-0.3, -0.25) is 0 Å². The van der Waals surface area contributed by atoms with Gasteiger partial charge in [-0.1, -0.05) is 436 Å². The molecule has 0 saturated heterocycles. The molecule has 0 atom stereocenters. The zero-order chi connectivity index (χ0) is 79.5. The first kappa shape index (κ1) is 99.3. The lowest BCUT2D eigenvalue weighted by atomic mass is 9.61. The van der Waals surface area contributed by atoms with Crippen LogP contribution in [0.25, 0.3) is 0 Å². The quantitative estimate of drug-likeness (QED) is 0.197. The topological polar surface area (TPSA) is 0 Å². The monoisotopic (exact) mass is 1380 g/mol. The highest BCUT2D eigenvalue weighted by Gasteiger charge is 2.40. The molecule has 1 aromatic carbocycles. The molecule has 0 heterocycles. The Bertz CT molecular complexity index is 2000. The molecule has 0 aliphatic heterocycles. The maximum atomic E-state index is 7.90. The molecule has 5 fully saturated rings. The Balaban J connectivity index is -0.000000513. The normalized spacial score (nSPS) is 19.0. The van der Waals surface area contributed by atoms with E-state index in [1.807, 2.05) is 41.5 Å². The summed E-state index contributed by atoms with van der Waals surface area (Å²) in [5.74, 6) is 3.90. The van der Waals surface area contributed by atoms with Gasteiger partial charge in [0, 0.05) is 2.74 Å². The fraction of sp³-hybridized carbons (Fsp3) is 0.939. The molecule has 5 aliphatic rings. The van der Waals surface area contributed by atoms with Crippen molar-refractivity contribution in [3.63, 3.8) is 0 Å². The van der Waals surface area contributed by atoms with Crippen molar-refractivity contribution in [3.05, 3.63) is 35.9 Å². The van der Waals surface area contributed by atoms with Crippen LogP contribution < -0.4 is 0 Å². The lowest BCUT2D eigenvalue weighted by Gasteiger charge is -2.45. The highest BCUT2D eigenvalue weighted by atomic mass is 14.5. The number of hydrogen-bond donors (Lipinski definition) is 0. The first-order valence-corrected chi connectivity index (χ1v) is 42.6. The third kappa shape index (κ3) is 59.5. The van der Waals surface area contributed by atoms with Crippen LogP contribution >= 0.6 is 0 Å². The Labute approximate surface area is 630 Å². The Morgan fingerprint density at radius 3 is 0.806 bits per heavy atom. The zero-order valence-electron chi connectivity index (χ0n) is 78.8. The van der Waals surface area contributed by atoms with Gasteiger partial charge in [0.2, 0.25) is 0 Å². The molecule has 0 heteroatoms. The van der Waals surface area contributed by atoms with E-state index in [4.69, 9.17) is 2.74 Å². The van der Waals surface area contributed by atoms with E-state index in [1.165, 1.54) is 205 Å². The van der Waals surface area contributed by atoms with Gasteiger partial charge in [-0.25, -0.2) is 0 Å². The van der Waals surface area contributed by atoms with Gasteiger partial charge in [-0.05, 0) is 195 Å². The van der Waals surface area contributed by atoms with E-state index in [-0.39, 0.29) is 10.8 Å². The van der Waals surface area contributed by atoms with Crippen molar-refractivity contribution >= 4 is 0 Å². The second-order valence-corrected chi connectivity index (χ2v) is 46.5. The Morgan fingerprint density at radius 1 is 0.347 bits per heavy atom. The minimum Gasteiger partial charge on any atom is -0.0654 e. The van der Waals surface area contributed by atoms with E-state index in [0.717, 1.165) is 30.1 Å². The van der Waals surface area contributed by atoms with Crippen LogP contribution in [0.3, 0.4) is 0 Å². The fourth-order valence-corrected chi connectivity index (χ4v) is 16.2. The van der Waals surface area contributed by atoms with Crippen LogP contribution in [-0.2, 0) is 6.42 Å². The lowest BCUT2D eigenvalue weighted by molar-refractivity contribution is 0.0601. The van der Waals surface area contributed by atoms with Crippen LogP contribution in [0.5, 0.6) is 0 Å². The fourth-order valence-electron chi connectivity index (χ4n) is 16.2. The second kappa shape index (κ2) is 47.0. The summed E-state index contributed by atoms with van der Waals surface area (Å²) in [6.45, 7) is 93.5. The molecule has 0 bridgehead atoms. The van der Waals surface area contributed by atoms with Gasteiger partial charge >= 0.3 is 0 Å². The molecule has 6 rings (SSSR count). The van der Waals surface area contributed by atoms with Crippen LogP contribution in [0, 0.1) is 99.5 Å². The summed E-state index contributed by atoms with van der Waals surface area (Å²) >= 11 is 0. The summed E-state index contributed by atoms with van der Waals surface area (Å²) in [5.41, 5.74) is 7.28. The van der Waals surface area contributed by atoms with E-state index < -0.39 is 6.37 Å². The largest absolute Gasteiger partial charge is 0.0654 e. The van der Waals surface area contributed by atoms with Crippen molar-refractivity contribution in [2.45, 2.75) is 496 Å². The number of benzene rings is 1. The molecule has 0 nitrogen and oxygen atoms in total. The van der Waals surface area contributed by atoms with Crippen molar-refractivity contribution < 1.29 is 2.74 Å². The molecular weight excluding hydrogens is 1180 g/mol. The van der Waals surface area contributed by atoms with E-state index in [0.29, 0.717) is 65.0 Å². The molecule has 98 heavy (non-hydrogen) atoms. The highest BCUT2D eigenvalue weighted by molar-refractivity contribution is 5.15. The predicted molar refractivity (Wildman–Crippen MR) is 459 cm³/mol. The molecule has 590 valence electrons. The van der Waals surface area contributed by atoms with Gasteiger partial charge in [0.15, 0.2) is 0 Å². The number of rotatable bonds is 6. The van der Waals surface area contributed by atoms with Crippen molar-refractivity contribution in [1.29, 1.82) is 0 Å². The summed E-state index contributed by atoms with van der Waals surface area (Å²) < 4.78 is 15.8. The third-order valence-electron chi connectivity index (χ3n) is 22.9. The first-order chi connectivity index (χ1) is 44.6. The van der Waals surface area contributed by atoms with Gasteiger partial charge in [-0.2, -0.15) is 0 Å². The van der Waals surface area contributed by atoms with Crippen LogP contribution in [0.4, 0.5) is 0 Å². The zero-order valence-corrected chi connectivity index (χ0v) is 76.8. The van der Waals surface area contributed by atoms with Gasteiger partial charge in [0.05, 0.1) is 0 Å². The molecule has 0 unspecified atom stereocenters. The van der Waals surface area contributed by atoms with Crippen LogP contribution in [0.1, 0.15) is 498 Å². The molecule has 0 radical (unpaired) electrons. The Hall–Kier alpha value is -0.780. The lowest BCUT2D eigenvalue weighted by Crippen LogP contribution is -2.34. The minimum atomic E-state index is -1.13. The molecule has 0 N–H and O–H groups in total. The van der Waals surface area contributed by atoms with Crippen LogP contribution in [0.15, 0.2) is 30.3 Å². The number of unbranched alkanes of at least 4 members (excludes halogenated alkanes) is 2. The highest BCUT2D eigenvalue weighted by Crippen LogP contribution is 2.51. The van der Waals surface area contributed by atoms with E-state index in [1.54, 1.807) is 0 Å². The summed E-state index contributed by atoms with van der Waals surface area (Å²) in [7, 11) is 0. The molecule has 1 aromatic rings. The smallest absolute Gasteiger partial charge is 0.0277 e. The Morgan fingerprint density at radius 2 is 0.622 bits per heavy atom. The second-order valence-electron chi connectivity index (χ2n) is 46.5. The predicted octanol–water partition coefficient (Wildman–Crippen LogP) is 35.7. The molecule has 5 saturated carbocycles. The molecule has 5 aliphatic carbocycles. The molecular formula is C98H198. The molecule has 0 amide bonds. The molecule has 0 aromatic heterocycles. The van der Waals surface area contributed by atoms with Crippen LogP contribution in [-0.4, -0.2) is 0 Å². The number of hydrogen-bond acceptors (Lipinski definition) is 0. The maximum absolute atomic E-state index is 7.90. The average molecular weight is 1380 g/mol. The van der Waals surface area contributed by atoms with Crippen molar-refractivity contribution in [1.82, 2.24) is 0 Å². The third-order valence-corrected chi connectivity index (χ3v) is 22.9. The summed E-state index contributed by atoms with van der Waals surface area (Å²) in [4.78, 5) is 0. The summed E-state index contributed by atoms with van der Waals surface area (Å²) in [6, 6.07) is 10.6. The summed E-state index contributed by atoms with van der Waals surface area (Å²) in [6.07, 6.45) is 44.7. The van der Waals surface area contributed by atoms with Crippen molar-refractivity contribution in [2.24, 2.45) is 99.5 Å². The standard InChI is InChI=1S/C11H22.C11H16.C11H22.2C10H20.C9H18.4C9H20/c1-10(2,3)11(4)8-6-5-7-9-11;1-11(2,3)9-10-7-5-4-6-8-10;1-11(2,3)10-8-6-4-5-7-9-10;1-9(2,3)10(4)7-5-6-8-10;1-10(2,3)9-7-5-4-6-8-9;1-9(2,3)8-6-4-5-7-8;2*1-8(2,3)7-9(4,5)6;1-6-8(7-2)9(3,4)5;1-5-6-7-8-9(2,3)4/h5-9H2,1-4H3;4-8H,9H2,1-3H3;10H,4-9H2,1-3H3;5-8H2,1-4H3;9H,4-8H2,1-3H3;8H,4-7H2,1-3H3;2*7H2,1-6H3;8H,6-7H2,1-5H3;5-8H2,1-4H3/i;;;;;;7D2;;;. The van der Waals surface area contributed by atoms with Crippen LogP contribution in [0.2, 0.25) is 0 Å². The van der Waals surface area contributed by atoms with Gasteiger partial charge in [0.1, 0.15) is 0 Å². The summed E-state index contributed by atoms with van der Waals surface area (Å²) in [5, 5.41) is 0. The van der Waals surface area contributed by atoms with Gasteiger partial charge in [-0.15, -0.1) is 0 Å². The van der Waals surface area contributed by atoms with Gasteiger partial charge in [0.25, 0.3) is 0 Å². The first-order valence-electron chi connectivity index (χ1n) is 43.6. The minimum absolute atomic E-state index is 0.286. The Kier molecular flexibility index (Phi) is 47.6. The van der Waals surface area contributed by atoms with Crippen molar-refractivity contribution in [3.8, 4) is 0 Å². The average Bonchev–Trinajstić information content (AvgIpc) is 0.925. The van der Waals surface area contributed by atoms with E-state index in [9.17, 15) is 0 Å². The van der Waals surface area contributed by atoms with E-state index >= 15 is 0 Å². The molecule has 0 spiro atoms. The van der Waals surface area contributed by atoms with Crippen molar-refractivity contribution in [2.75, 3.05) is 0 Å². The SMILES string of the molecule is CC(C)(C)C1(C)CCCC1.CC(C)(C)C1(C)CCCCC1.CC(C)(C)C1CCCC1.CC(C)(C)C1CCCCC1.CC(C)(C)C1CCCCCC1.CC(C)(C)CC(C)(C)C.CC(C)(C)Cc1ccccc1.CCC(CC)C(C)(C)C.CCCCCC(C)(C)C.[2H]C([2H])(C(C)(C)C)C(C)(C)C.